The number of hydrogen-bond donors (Lipinski definition) is 1. The maximum absolute atomic E-state index is 11.9. The lowest BCUT2D eigenvalue weighted by molar-refractivity contribution is 0.0961. The number of nitrogens with one attached hydrogen (secondary N) is 1. The van der Waals surface area contributed by atoms with Crippen molar-refractivity contribution in [1.29, 1.82) is 0 Å². The minimum Gasteiger partial charge on any atom is -0.314 e. The van der Waals surface area contributed by atoms with Crippen LogP contribution in [0.5, 0.6) is 0 Å². The molecule has 0 spiro atoms. The lowest BCUT2D eigenvalue weighted by Gasteiger charge is -2.09. The van der Waals surface area contributed by atoms with Crippen LogP contribution in [-0.4, -0.2) is 28.2 Å². The Balaban J connectivity index is 2.00. The first-order valence-corrected chi connectivity index (χ1v) is 5.59. The molecule has 0 bridgehead atoms. The molecule has 0 radical (unpaired) electrons. The summed E-state index contributed by atoms with van der Waals surface area (Å²) in [6.07, 6.45) is 4.60. The van der Waals surface area contributed by atoms with Crippen molar-refractivity contribution in [2.24, 2.45) is 0 Å². The number of ketones is 1. The van der Waals surface area contributed by atoms with E-state index in [2.05, 4.69) is 10.4 Å². The van der Waals surface area contributed by atoms with Gasteiger partial charge in [0.2, 0.25) is 0 Å². The molecule has 15 heavy (non-hydrogen) atoms. The van der Waals surface area contributed by atoms with Crippen molar-refractivity contribution in [2.45, 2.75) is 38.8 Å². The summed E-state index contributed by atoms with van der Waals surface area (Å²) < 4.78 is 1.76. The molecule has 2 heterocycles. The van der Waals surface area contributed by atoms with Gasteiger partial charge in [-0.3, -0.25) is 9.48 Å². The van der Waals surface area contributed by atoms with Gasteiger partial charge < -0.3 is 5.32 Å². The minimum absolute atomic E-state index is 0.203. The number of carbonyl (C=O) groups is 1. The second kappa shape index (κ2) is 4.57. The molecule has 0 amide bonds. The van der Waals surface area contributed by atoms with Crippen molar-refractivity contribution >= 4 is 5.78 Å². The summed E-state index contributed by atoms with van der Waals surface area (Å²) in [6.45, 7) is 3.80. The summed E-state index contributed by atoms with van der Waals surface area (Å²) in [4.78, 5) is 11.9. The first-order valence-electron chi connectivity index (χ1n) is 5.59. The molecule has 1 fully saturated rings. The molecule has 1 N–H and O–H groups in total. The standard InChI is InChI=1S/C11H17N3O/c1-2-14-10(5-7-13-14)11(15)8-9-4-3-6-12-9/h5,7,9,12H,2-4,6,8H2,1H3. The van der Waals surface area contributed by atoms with Crippen LogP contribution in [0.4, 0.5) is 0 Å². The van der Waals surface area contributed by atoms with E-state index in [9.17, 15) is 4.79 Å². The molecule has 1 atom stereocenters. The molecule has 1 aromatic heterocycles. The summed E-state index contributed by atoms with van der Waals surface area (Å²) in [6, 6.07) is 2.18. The summed E-state index contributed by atoms with van der Waals surface area (Å²) in [5.41, 5.74) is 0.742. The summed E-state index contributed by atoms with van der Waals surface area (Å²) in [7, 11) is 0. The van der Waals surface area contributed by atoms with Crippen molar-refractivity contribution in [3.8, 4) is 0 Å². The SMILES string of the molecule is CCn1nccc1C(=O)CC1CCCN1. The first-order chi connectivity index (χ1) is 7.31. The van der Waals surface area contributed by atoms with Crippen LogP contribution in [0.15, 0.2) is 12.3 Å². The van der Waals surface area contributed by atoms with Crippen LogP contribution in [0.3, 0.4) is 0 Å². The van der Waals surface area contributed by atoms with Crippen LogP contribution < -0.4 is 5.32 Å². The number of hydrogen-bond acceptors (Lipinski definition) is 3. The lowest BCUT2D eigenvalue weighted by atomic mass is 10.1. The third-order valence-electron chi connectivity index (χ3n) is 2.90. The second-order valence-electron chi connectivity index (χ2n) is 3.95. The van der Waals surface area contributed by atoms with E-state index < -0.39 is 0 Å². The van der Waals surface area contributed by atoms with Crippen molar-refractivity contribution < 1.29 is 4.79 Å². The van der Waals surface area contributed by atoms with E-state index in [1.807, 2.05) is 6.92 Å². The Labute approximate surface area is 89.7 Å². The summed E-state index contributed by atoms with van der Waals surface area (Å²) >= 11 is 0. The van der Waals surface area contributed by atoms with Crippen molar-refractivity contribution in [3.63, 3.8) is 0 Å². The van der Waals surface area contributed by atoms with Gasteiger partial charge in [-0.1, -0.05) is 0 Å². The van der Waals surface area contributed by atoms with Gasteiger partial charge in [-0.2, -0.15) is 5.10 Å². The van der Waals surface area contributed by atoms with E-state index in [1.165, 1.54) is 6.42 Å². The number of nitrogens with zero attached hydrogens (tertiary/aromatic N) is 2. The number of carbonyl (C=O) groups excluding carboxylic acids is 1. The van der Waals surface area contributed by atoms with Crippen LogP contribution in [0.1, 0.15) is 36.7 Å². The minimum atomic E-state index is 0.203. The highest BCUT2D eigenvalue weighted by Crippen LogP contribution is 2.12. The third-order valence-corrected chi connectivity index (χ3v) is 2.90. The second-order valence-corrected chi connectivity index (χ2v) is 3.95. The van der Waals surface area contributed by atoms with Gasteiger partial charge in [0, 0.05) is 25.2 Å². The van der Waals surface area contributed by atoms with Gasteiger partial charge in [0.05, 0.1) is 0 Å². The highest BCUT2D eigenvalue weighted by atomic mass is 16.1. The number of aryl methyl sites for hydroxylation is 1. The largest absolute Gasteiger partial charge is 0.314 e. The predicted molar refractivity (Wildman–Crippen MR) is 57.9 cm³/mol. The zero-order valence-electron chi connectivity index (χ0n) is 9.07. The molecule has 1 aliphatic rings. The van der Waals surface area contributed by atoms with E-state index >= 15 is 0 Å². The fraction of sp³-hybridized carbons (Fsp3) is 0.636. The molecular formula is C11H17N3O. The summed E-state index contributed by atoms with van der Waals surface area (Å²) in [5.74, 6) is 0.203. The number of Topliss-reactive ketones (excluding diaryl/α,β-unsaturated/α-hetero) is 1. The quantitative estimate of drug-likeness (QED) is 0.755. The smallest absolute Gasteiger partial charge is 0.182 e. The van der Waals surface area contributed by atoms with Crippen LogP contribution in [0.2, 0.25) is 0 Å². The Hall–Kier alpha value is -1.16. The van der Waals surface area contributed by atoms with Gasteiger partial charge in [-0.15, -0.1) is 0 Å². The highest BCUT2D eigenvalue weighted by molar-refractivity contribution is 5.94. The maximum Gasteiger partial charge on any atom is 0.182 e. The fourth-order valence-corrected chi connectivity index (χ4v) is 2.08. The highest BCUT2D eigenvalue weighted by Gasteiger charge is 2.20. The maximum atomic E-state index is 11.9. The van der Waals surface area contributed by atoms with E-state index in [1.54, 1.807) is 16.9 Å². The molecule has 0 aliphatic carbocycles. The molecule has 1 aromatic rings. The topological polar surface area (TPSA) is 46.9 Å². The molecule has 82 valence electrons. The fourth-order valence-electron chi connectivity index (χ4n) is 2.08. The Morgan fingerprint density at radius 3 is 3.27 bits per heavy atom. The lowest BCUT2D eigenvalue weighted by Crippen LogP contribution is -2.25. The molecule has 4 heteroatoms. The van der Waals surface area contributed by atoms with Crippen LogP contribution in [0.25, 0.3) is 0 Å². The van der Waals surface area contributed by atoms with Crippen LogP contribution >= 0.6 is 0 Å². The molecule has 1 aliphatic heterocycles. The normalized spacial score (nSPS) is 20.7. The van der Waals surface area contributed by atoms with Crippen molar-refractivity contribution in [1.82, 2.24) is 15.1 Å². The van der Waals surface area contributed by atoms with E-state index in [0.29, 0.717) is 12.5 Å². The number of rotatable bonds is 4. The van der Waals surface area contributed by atoms with Crippen LogP contribution in [-0.2, 0) is 6.54 Å². The average Bonchev–Trinajstić information content (AvgIpc) is 2.86. The molecular weight excluding hydrogens is 190 g/mol. The zero-order valence-corrected chi connectivity index (χ0v) is 9.07. The van der Waals surface area contributed by atoms with Crippen molar-refractivity contribution in [2.75, 3.05) is 6.54 Å². The first kappa shape index (κ1) is 10.4. The van der Waals surface area contributed by atoms with Crippen molar-refractivity contribution in [3.05, 3.63) is 18.0 Å². The Morgan fingerprint density at radius 1 is 1.73 bits per heavy atom. The molecule has 2 rings (SSSR count). The average molecular weight is 207 g/mol. The molecule has 1 saturated heterocycles. The molecule has 0 saturated carbocycles. The summed E-state index contributed by atoms with van der Waals surface area (Å²) in [5, 5.41) is 7.44. The van der Waals surface area contributed by atoms with Gasteiger partial charge in [-0.05, 0) is 32.4 Å². The van der Waals surface area contributed by atoms with Gasteiger partial charge in [-0.25, -0.2) is 0 Å². The Kier molecular flexibility index (Phi) is 3.16. The van der Waals surface area contributed by atoms with E-state index in [4.69, 9.17) is 0 Å². The molecule has 4 nitrogen and oxygen atoms in total. The third kappa shape index (κ3) is 2.26. The molecule has 0 aromatic carbocycles. The van der Waals surface area contributed by atoms with E-state index in [0.717, 1.165) is 25.2 Å². The van der Waals surface area contributed by atoms with E-state index in [-0.39, 0.29) is 5.78 Å². The van der Waals surface area contributed by atoms with Gasteiger partial charge in [0.15, 0.2) is 5.78 Å². The zero-order chi connectivity index (χ0) is 10.7. The van der Waals surface area contributed by atoms with Crippen LogP contribution in [0, 0.1) is 0 Å². The molecule has 1 unspecified atom stereocenters. The Morgan fingerprint density at radius 2 is 2.60 bits per heavy atom. The predicted octanol–water partition coefficient (Wildman–Crippen LogP) is 1.23. The van der Waals surface area contributed by atoms with Gasteiger partial charge >= 0.3 is 0 Å². The number of aromatic nitrogens is 2. The van der Waals surface area contributed by atoms with Gasteiger partial charge in [0.1, 0.15) is 5.69 Å². The van der Waals surface area contributed by atoms with Gasteiger partial charge in [0.25, 0.3) is 0 Å². The monoisotopic (exact) mass is 207 g/mol. The Bertz CT molecular complexity index is 339.